The molecule has 0 fully saturated rings. The van der Waals surface area contributed by atoms with Gasteiger partial charge >= 0.3 is 0 Å². The van der Waals surface area contributed by atoms with Gasteiger partial charge in [0.05, 0.1) is 24.7 Å². The fraction of sp³-hybridized carbons (Fsp3) is 0.438. The van der Waals surface area contributed by atoms with E-state index in [0.717, 1.165) is 29.0 Å². The Labute approximate surface area is 134 Å². The lowest BCUT2D eigenvalue weighted by Crippen LogP contribution is -2.26. The molecule has 3 aromatic heterocycles. The number of aromatic nitrogens is 4. The Kier molecular flexibility index (Phi) is 4.45. The first-order valence-electron chi connectivity index (χ1n) is 7.87. The van der Waals surface area contributed by atoms with Gasteiger partial charge in [0.1, 0.15) is 16.8 Å². The number of carbonyl (C=O) groups is 1. The van der Waals surface area contributed by atoms with Gasteiger partial charge in [0, 0.05) is 25.9 Å². The molecule has 0 aliphatic carbocycles. The van der Waals surface area contributed by atoms with Crippen molar-refractivity contribution in [1.29, 1.82) is 0 Å². The predicted molar refractivity (Wildman–Crippen MR) is 86.0 cm³/mol. The maximum absolute atomic E-state index is 11.9. The van der Waals surface area contributed by atoms with Gasteiger partial charge in [0.15, 0.2) is 0 Å². The molecule has 7 heteroatoms. The van der Waals surface area contributed by atoms with E-state index in [9.17, 15) is 4.79 Å². The third kappa shape index (κ3) is 3.28. The molecule has 0 saturated carbocycles. The van der Waals surface area contributed by atoms with Crippen LogP contribution in [0.2, 0.25) is 0 Å². The second-order valence-corrected chi connectivity index (χ2v) is 5.43. The average Bonchev–Trinajstić information content (AvgIpc) is 3.24. The highest BCUT2D eigenvalue weighted by Crippen LogP contribution is 2.17. The van der Waals surface area contributed by atoms with Crippen LogP contribution in [-0.2, 0) is 24.3 Å². The van der Waals surface area contributed by atoms with Crippen LogP contribution in [0.4, 0.5) is 0 Å². The molecule has 0 radical (unpaired) electrons. The van der Waals surface area contributed by atoms with Crippen molar-refractivity contribution < 1.29 is 9.21 Å². The van der Waals surface area contributed by atoms with Gasteiger partial charge in [0.2, 0.25) is 5.91 Å². The summed E-state index contributed by atoms with van der Waals surface area (Å²) < 4.78 is 9.02. The molecule has 0 spiro atoms. The second kappa shape index (κ2) is 6.68. The molecule has 3 rings (SSSR count). The number of rotatable bonds is 7. The molecule has 1 N–H and O–H groups in total. The maximum atomic E-state index is 11.9. The Bertz CT molecular complexity index is 785. The van der Waals surface area contributed by atoms with Gasteiger partial charge in [-0.15, -0.1) is 0 Å². The quantitative estimate of drug-likeness (QED) is 0.722. The van der Waals surface area contributed by atoms with Crippen molar-refractivity contribution in [2.45, 2.75) is 39.8 Å². The summed E-state index contributed by atoms with van der Waals surface area (Å²) in [5.74, 6) is 0.891. The minimum atomic E-state index is 0.0146. The summed E-state index contributed by atoms with van der Waals surface area (Å²) >= 11 is 0. The van der Waals surface area contributed by atoms with Gasteiger partial charge in [-0.3, -0.25) is 14.2 Å². The van der Waals surface area contributed by atoms with E-state index >= 15 is 0 Å². The van der Waals surface area contributed by atoms with Crippen molar-refractivity contribution >= 4 is 16.9 Å². The molecule has 0 saturated heterocycles. The minimum absolute atomic E-state index is 0.0146. The van der Waals surface area contributed by atoms with Crippen molar-refractivity contribution in [2.75, 3.05) is 6.54 Å². The highest BCUT2D eigenvalue weighted by atomic mass is 16.3. The first kappa shape index (κ1) is 15.3. The fourth-order valence-corrected chi connectivity index (χ4v) is 2.71. The Hall–Kier alpha value is -2.57. The number of hydrogen-bond acceptors (Lipinski definition) is 4. The molecule has 0 aliphatic rings. The van der Waals surface area contributed by atoms with Gasteiger partial charge in [0.25, 0.3) is 0 Å². The van der Waals surface area contributed by atoms with E-state index in [1.807, 2.05) is 34.6 Å². The molecule has 1 amide bonds. The molecule has 23 heavy (non-hydrogen) atoms. The third-order valence-corrected chi connectivity index (χ3v) is 3.84. The van der Waals surface area contributed by atoms with Crippen LogP contribution in [0.1, 0.15) is 24.8 Å². The summed E-state index contributed by atoms with van der Waals surface area (Å²) in [6, 6.07) is 3.75. The summed E-state index contributed by atoms with van der Waals surface area (Å²) in [5, 5.41) is 11.8. The average molecular weight is 315 g/mol. The predicted octanol–water partition coefficient (Wildman–Crippen LogP) is 1.90. The number of fused-ring (bicyclic) bond motifs is 1. The Balaban J connectivity index is 1.53. The molecular weight excluding hydrogens is 294 g/mol. The lowest BCUT2D eigenvalue weighted by Gasteiger charge is -2.05. The lowest BCUT2D eigenvalue weighted by atomic mass is 10.3. The van der Waals surface area contributed by atoms with E-state index in [1.54, 1.807) is 6.26 Å². The lowest BCUT2D eigenvalue weighted by molar-refractivity contribution is -0.121. The fourth-order valence-electron chi connectivity index (χ4n) is 2.71. The number of amides is 1. The van der Waals surface area contributed by atoms with Crippen LogP contribution in [0.5, 0.6) is 0 Å². The van der Waals surface area contributed by atoms with Gasteiger partial charge in [-0.25, -0.2) is 0 Å². The number of aryl methyl sites for hydroxylation is 3. The SMILES string of the molecule is CCn1nc(C)c2c1cnn2CCC(=O)NCCc1ccco1. The zero-order chi connectivity index (χ0) is 16.2. The molecule has 3 aromatic rings. The van der Waals surface area contributed by atoms with Crippen LogP contribution in [0, 0.1) is 6.92 Å². The highest BCUT2D eigenvalue weighted by molar-refractivity contribution is 5.78. The van der Waals surface area contributed by atoms with E-state index in [2.05, 4.69) is 22.4 Å². The standard InChI is InChI=1S/C16H21N5O2/c1-3-20-14-11-18-21(16(14)12(2)19-20)9-7-15(22)17-8-6-13-5-4-10-23-13/h4-5,10-11H,3,6-9H2,1-2H3,(H,17,22). The summed E-state index contributed by atoms with van der Waals surface area (Å²) in [6.45, 7) is 5.95. The number of furan rings is 1. The van der Waals surface area contributed by atoms with Crippen molar-refractivity contribution in [2.24, 2.45) is 0 Å². The maximum Gasteiger partial charge on any atom is 0.221 e. The zero-order valence-corrected chi connectivity index (χ0v) is 13.5. The topological polar surface area (TPSA) is 77.9 Å². The first-order chi connectivity index (χ1) is 11.2. The molecule has 7 nitrogen and oxygen atoms in total. The molecule has 0 atom stereocenters. The molecular formula is C16H21N5O2. The van der Waals surface area contributed by atoms with E-state index in [1.165, 1.54) is 0 Å². The molecule has 0 bridgehead atoms. The van der Waals surface area contributed by atoms with E-state index < -0.39 is 0 Å². The van der Waals surface area contributed by atoms with Crippen molar-refractivity contribution in [3.05, 3.63) is 36.0 Å². The Morgan fingerprint density at radius 3 is 3.00 bits per heavy atom. The molecule has 3 heterocycles. The van der Waals surface area contributed by atoms with E-state index in [-0.39, 0.29) is 5.91 Å². The van der Waals surface area contributed by atoms with E-state index in [0.29, 0.717) is 25.9 Å². The minimum Gasteiger partial charge on any atom is -0.469 e. The zero-order valence-electron chi connectivity index (χ0n) is 13.5. The number of carbonyl (C=O) groups excluding carboxylic acids is 1. The number of nitrogens with zero attached hydrogens (tertiary/aromatic N) is 4. The molecule has 122 valence electrons. The van der Waals surface area contributed by atoms with Crippen molar-refractivity contribution in [3.63, 3.8) is 0 Å². The van der Waals surface area contributed by atoms with Gasteiger partial charge in [-0.05, 0) is 26.0 Å². The molecule has 0 unspecified atom stereocenters. The van der Waals surface area contributed by atoms with E-state index in [4.69, 9.17) is 4.42 Å². The van der Waals surface area contributed by atoms with Crippen LogP contribution in [0.3, 0.4) is 0 Å². The Morgan fingerprint density at radius 2 is 2.26 bits per heavy atom. The van der Waals surface area contributed by atoms with Crippen LogP contribution in [0.15, 0.2) is 29.0 Å². The summed E-state index contributed by atoms with van der Waals surface area (Å²) in [5.41, 5.74) is 2.97. The monoisotopic (exact) mass is 315 g/mol. The summed E-state index contributed by atoms with van der Waals surface area (Å²) in [6.07, 6.45) is 4.55. The highest BCUT2D eigenvalue weighted by Gasteiger charge is 2.13. The Morgan fingerprint density at radius 1 is 1.39 bits per heavy atom. The second-order valence-electron chi connectivity index (χ2n) is 5.43. The number of nitrogens with one attached hydrogen (secondary N) is 1. The van der Waals surface area contributed by atoms with Crippen LogP contribution >= 0.6 is 0 Å². The smallest absolute Gasteiger partial charge is 0.221 e. The molecule has 0 aliphatic heterocycles. The van der Waals surface area contributed by atoms with Crippen LogP contribution < -0.4 is 5.32 Å². The third-order valence-electron chi connectivity index (χ3n) is 3.84. The number of hydrogen-bond donors (Lipinski definition) is 1. The van der Waals surface area contributed by atoms with Crippen molar-refractivity contribution in [1.82, 2.24) is 24.9 Å². The summed E-state index contributed by atoms with van der Waals surface area (Å²) in [7, 11) is 0. The van der Waals surface area contributed by atoms with Crippen molar-refractivity contribution in [3.8, 4) is 0 Å². The first-order valence-corrected chi connectivity index (χ1v) is 7.87. The summed E-state index contributed by atoms with van der Waals surface area (Å²) in [4.78, 5) is 11.9. The van der Waals surface area contributed by atoms with Gasteiger partial charge in [-0.1, -0.05) is 0 Å². The van der Waals surface area contributed by atoms with Gasteiger partial charge < -0.3 is 9.73 Å². The van der Waals surface area contributed by atoms with Crippen LogP contribution in [-0.4, -0.2) is 32.0 Å². The largest absolute Gasteiger partial charge is 0.469 e. The normalized spacial score (nSPS) is 11.2. The van der Waals surface area contributed by atoms with Gasteiger partial charge in [-0.2, -0.15) is 10.2 Å². The molecule has 0 aromatic carbocycles. The van der Waals surface area contributed by atoms with Crippen LogP contribution in [0.25, 0.3) is 11.0 Å².